The van der Waals surface area contributed by atoms with Gasteiger partial charge in [0.05, 0.1) is 6.54 Å². The molecule has 2 amide bonds. The lowest BCUT2D eigenvalue weighted by atomic mass is 10.2. The van der Waals surface area contributed by atoms with Crippen LogP contribution < -0.4 is 10.6 Å². The number of carbonyl (C=O) groups is 2. The maximum absolute atomic E-state index is 12.9. The van der Waals surface area contributed by atoms with Crippen LogP contribution in [0.4, 0.5) is 13.2 Å². The van der Waals surface area contributed by atoms with E-state index in [9.17, 15) is 22.8 Å². The predicted molar refractivity (Wildman–Crippen MR) is 61.9 cm³/mol. The van der Waals surface area contributed by atoms with Crippen LogP contribution in [0.25, 0.3) is 0 Å². The van der Waals surface area contributed by atoms with E-state index in [0.717, 1.165) is 0 Å². The minimum Gasteiger partial charge on any atom is -0.352 e. The van der Waals surface area contributed by atoms with Gasteiger partial charge in [0.1, 0.15) is 0 Å². The Morgan fingerprint density at radius 2 is 1.68 bits per heavy atom. The molecule has 1 aromatic rings. The quantitative estimate of drug-likeness (QED) is 0.814. The highest BCUT2D eigenvalue weighted by Crippen LogP contribution is 2.13. The second-order valence-electron chi connectivity index (χ2n) is 4.16. The lowest BCUT2D eigenvalue weighted by Gasteiger charge is -2.09. The first-order valence-corrected chi connectivity index (χ1v) is 5.53. The Labute approximate surface area is 108 Å². The van der Waals surface area contributed by atoms with Crippen LogP contribution in [0.2, 0.25) is 0 Å². The molecule has 0 spiro atoms. The number of nitrogens with one attached hydrogen (secondary N) is 2. The molecule has 0 bridgehead atoms. The summed E-state index contributed by atoms with van der Waals surface area (Å²) >= 11 is 0. The maximum atomic E-state index is 12.9. The van der Waals surface area contributed by atoms with Gasteiger partial charge in [0.25, 0.3) is 5.91 Å². The fraction of sp³-hybridized carbons (Fsp3) is 0.333. The first kappa shape index (κ1) is 15.0. The summed E-state index contributed by atoms with van der Waals surface area (Å²) in [5.74, 6) is -5.87. The van der Waals surface area contributed by atoms with Gasteiger partial charge in [0, 0.05) is 11.6 Å². The Kier molecular flexibility index (Phi) is 4.91. The van der Waals surface area contributed by atoms with E-state index in [0.29, 0.717) is 12.1 Å². The molecule has 0 saturated carbocycles. The van der Waals surface area contributed by atoms with Gasteiger partial charge in [-0.15, -0.1) is 0 Å². The van der Waals surface area contributed by atoms with Crippen molar-refractivity contribution >= 4 is 11.8 Å². The zero-order valence-corrected chi connectivity index (χ0v) is 10.4. The SMILES string of the molecule is CC(C)NC(=O)CNC(=O)c1cc(F)c(F)c(F)c1. The smallest absolute Gasteiger partial charge is 0.251 e. The molecule has 0 aliphatic rings. The van der Waals surface area contributed by atoms with Crippen molar-refractivity contribution in [1.82, 2.24) is 10.6 Å². The van der Waals surface area contributed by atoms with Crippen LogP contribution in [0.1, 0.15) is 24.2 Å². The number of hydrogen-bond acceptors (Lipinski definition) is 2. The molecule has 0 aliphatic heterocycles. The van der Waals surface area contributed by atoms with E-state index in [1.165, 1.54) is 0 Å². The van der Waals surface area contributed by atoms with Crippen LogP contribution in [-0.4, -0.2) is 24.4 Å². The summed E-state index contributed by atoms with van der Waals surface area (Å²) in [6.45, 7) is 3.15. The van der Waals surface area contributed by atoms with Gasteiger partial charge in [-0.05, 0) is 26.0 Å². The van der Waals surface area contributed by atoms with E-state index < -0.39 is 34.8 Å². The van der Waals surface area contributed by atoms with Crippen LogP contribution in [0.15, 0.2) is 12.1 Å². The number of amides is 2. The molecule has 0 aromatic heterocycles. The van der Waals surface area contributed by atoms with Crippen molar-refractivity contribution in [2.45, 2.75) is 19.9 Å². The normalized spacial score (nSPS) is 10.4. The number of hydrogen-bond donors (Lipinski definition) is 2. The summed E-state index contributed by atoms with van der Waals surface area (Å²) in [6.07, 6.45) is 0. The highest BCUT2D eigenvalue weighted by atomic mass is 19.2. The molecular formula is C12H13F3N2O2. The van der Waals surface area contributed by atoms with Crippen LogP contribution in [0.3, 0.4) is 0 Å². The Balaban J connectivity index is 2.67. The molecule has 19 heavy (non-hydrogen) atoms. The zero-order valence-electron chi connectivity index (χ0n) is 10.4. The fourth-order valence-corrected chi connectivity index (χ4v) is 1.32. The van der Waals surface area contributed by atoms with E-state index in [2.05, 4.69) is 10.6 Å². The lowest BCUT2D eigenvalue weighted by Crippen LogP contribution is -2.39. The molecule has 0 fully saturated rings. The summed E-state index contributed by atoms with van der Waals surface area (Å²) in [5.41, 5.74) is -0.395. The molecule has 0 aliphatic carbocycles. The van der Waals surface area contributed by atoms with E-state index in [1.54, 1.807) is 13.8 Å². The molecule has 0 saturated heterocycles. The minimum absolute atomic E-state index is 0.0925. The molecule has 4 nitrogen and oxygen atoms in total. The zero-order chi connectivity index (χ0) is 14.6. The van der Waals surface area contributed by atoms with Gasteiger partial charge in [-0.2, -0.15) is 0 Å². The molecule has 0 heterocycles. The first-order chi connectivity index (χ1) is 8.81. The Morgan fingerprint density at radius 3 is 2.16 bits per heavy atom. The predicted octanol–water partition coefficient (Wildman–Crippen LogP) is 1.36. The molecule has 0 radical (unpaired) electrons. The Morgan fingerprint density at radius 1 is 1.16 bits per heavy atom. The molecule has 0 atom stereocenters. The standard InChI is InChI=1S/C12H13F3N2O2/c1-6(2)17-10(18)5-16-12(19)7-3-8(13)11(15)9(14)4-7/h3-4,6H,5H2,1-2H3,(H,16,19)(H,17,18). The summed E-state index contributed by atoms with van der Waals surface area (Å²) in [5, 5.41) is 4.69. The topological polar surface area (TPSA) is 58.2 Å². The number of rotatable bonds is 4. The third-order valence-electron chi connectivity index (χ3n) is 2.11. The third-order valence-corrected chi connectivity index (χ3v) is 2.11. The van der Waals surface area contributed by atoms with Crippen molar-refractivity contribution in [3.63, 3.8) is 0 Å². The second-order valence-corrected chi connectivity index (χ2v) is 4.16. The van der Waals surface area contributed by atoms with Crippen LogP contribution >= 0.6 is 0 Å². The van der Waals surface area contributed by atoms with Crippen molar-refractivity contribution in [3.05, 3.63) is 35.1 Å². The molecule has 1 aromatic carbocycles. The van der Waals surface area contributed by atoms with E-state index in [4.69, 9.17) is 0 Å². The molecule has 7 heteroatoms. The van der Waals surface area contributed by atoms with Gasteiger partial charge in [-0.25, -0.2) is 13.2 Å². The van der Waals surface area contributed by atoms with Crippen molar-refractivity contribution in [3.8, 4) is 0 Å². The maximum Gasteiger partial charge on any atom is 0.251 e. The van der Waals surface area contributed by atoms with Gasteiger partial charge in [0.2, 0.25) is 5.91 Å². The lowest BCUT2D eigenvalue weighted by molar-refractivity contribution is -0.120. The monoisotopic (exact) mass is 274 g/mol. The van der Waals surface area contributed by atoms with E-state index >= 15 is 0 Å². The summed E-state index contributed by atoms with van der Waals surface area (Å²) < 4.78 is 38.5. The van der Waals surface area contributed by atoms with Crippen molar-refractivity contribution in [1.29, 1.82) is 0 Å². The van der Waals surface area contributed by atoms with Crippen LogP contribution in [-0.2, 0) is 4.79 Å². The highest BCUT2D eigenvalue weighted by Gasteiger charge is 2.15. The van der Waals surface area contributed by atoms with Gasteiger partial charge in [-0.3, -0.25) is 9.59 Å². The van der Waals surface area contributed by atoms with Gasteiger partial charge < -0.3 is 10.6 Å². The van der Waals surface area contributed by atoms with Gasteiger partial charge >= 0.3 is 0 Å². The number of halogens is 3. The van der Waals surface area contributed by atoms with Gasteiger partial charge in [0.15, 0.2) is 17.5 Å². The number of benzene rings is 1. The highest BCUT2D eigenvalue weighted by molar-refractivity contribution is 5.96. The fourth-order valence-electron chi connectivity index (χ4n) is 1.32. The molecule has 2 N–H and O–H groups in total. The van der Waals surface area contributed by atoms with Crippen molar-refractivity contribution < 1.29 is 22.8 Å². The molecule has 0 unspecified atom stereocenters. The largest absolute Gasteiger partial charge is 0.352 e. The number of carbonyl (C=O) groups excluding carboxylic acids is 2. The summed E-state index contributed by atoms with van der Waals surface area (Å²) in [6, 6.07) is 1.03. The summed E-state index contributed by atoms with van der Waals surface area (Å²) in [4.78, 5) is 22.7. The second kappa shape index (κ2) is 6.21. The van der Waals surface area contributed by atoms with Crippen LogP contribution in [0.5, 0.6) is 0 Å². The summed E-state index contributed by atoms with van der Waals surface area (Å²) in [7, 11) is 0. The third kappa shape index (κ3) is 4.27. The Bertz CT molecular complexity index is 481. The molecular weight excluding hydrogens is 261 g/mol. The van der Waals surface area contributed by atoms with Crippen LogP contribution in [0, 0.1) is 17.5 Å². The van der Waals surface area contributed by atoms with Gasteiger partial charge in [-0.1, -0.05) is 0 Å². The van der Waals surface area contributed by atoms with E-state index in [-0.39, 0.29) is 12.6 Å². The molecule has 1 rings (SSSR count). The molecule has 104 valence electrons. The first-order valence-electron chi connectivity index (χ1n) is 5.53. The minimum atomic E-state index is -1.64. The average molecular weight is 274 g/mol. The Hall–Kier alpha value is -2.05. The van der Waals surface area contributed by atoms with Crippen molar-refractivity contribution in [2.75, 3.05) is 6.54 Å². The average Bonchev–Trinajstić information content (AvgIpc) is 2.31. The van der Waals surface area contributed by atoms with E-state index in [1.807, 2.05) is 0 Å². The van der Waals surface area contributed by atoms with Crippen molar-refractivity contribution in [2.24, 2.45) is 0 Å².